The van der Waals surface area contributed by atoms with Crippen molar-refractivity contribution in [3.8, 4) is 0 Å². The van der Waals surface area contributed by atoms with Crippen molar-refractivity contribution in [1.29, 1.82) is 0 Å². The normalized spacial score (nSPS) is 13.6. The minimum Gasteiger partial charge on any atom is -0.388 e. The second kappa shape index (κ2) is 4.63. The van der Waals surface area contributed by atoms with Crippen molar-refractivity contribution in [2.75, 3.05) is 0 Å². The van der Waals surface area contributed by atoms with Crippen LogP contribution in [0.25, 0.3) is 0 Å². The summed E-state index contributed by atoms with van der Waals surface area (Å²) >= 11 is 0. The molecule has 1 nitrogen and oxygen atoms in total. The number of hydrogen-bond acceptors (Lipinski definition) is 1. The van der Waals surface area contributed by atoms with Gasteiger partial charge in [-0.1, -0.05) is 57.7 Å². The molecule has 0 aromatic heterocycles. The average Bonchev–Trinajstić information content (AvgIpc) is 2.16. The topological polar surface area (TPSA) is 20.2 Å². The van der Waals surface area contributed by atoms with Gasteiger partial charge < -0.3 is 5.11 Å². The van der Waals surface area contributed by atoms with Gasteiger partial charge in [-0.2, -0.15) is 0 Å². The van der Waals surface area contributed by atoms with E-state index >= 15 is 0 Å². The Bertz CT molecular complexity index is 319. The van der Waals surface area contributed by atoms with Gasteiger partial charge in [0.05, 0.1) is 6.10 Å². The van der Waals surface area contributed by atoms with Crippen molar-refractivity contribution in [2.45, 2.75) is 33.3 Å². The minimum atomic E-state index is -0.451. The molecule has 1 heteroatoms. The summed E-state index contributed by atoms with van der Waals surface area (Å²) in [5.41, 5.74) is 2.01. The summed E-state index contributed by atoms with van der Waals surface area (Å²) in [7, 11) is 0. The molecule has 1 N–H and O–H groups in total. The Labute approximate surface area is 92.5 Å². The minimum absolute atomic E-state index is 0.0335. The summed E-state index contributed by atoms with van der Waals surface area (Å²) in [5, 5.41) is 10.0. The van der Waals surface area contributed by atoms with Crippen LogP contribution >= 0.6 is 0 Å². The lowest BCUT2D eigenvalue weighted by atomic mass is 9.82. The highest BCUT2D eigenvalue weighted by Crippen LogP contribution is 2.27. The Morgan fingerprint density at radius 3 is 2.27 bits per heavy atom. The first-order valence-electron chi connectivity index (χ1n) is 5.32. The van der Waals surface area contributed by atoms with Gasteiger partial charge in [-0.05, 0) is 16.6 Å². The molecule has 0 aliphatic heterocycles. The SMILES string of the molecule is C=C(C(O)Cc1ccccc1)C(C)(C)C. The number of aliphatic hydroxyl groups is 1. The van der Waals surface area contributed by atoms with Gasteiger partial charge in [0, 0.05) is 6.42 Å². The molecule has 0 spiro atoms. The van der Waals surface area contributed by atoms with Gasteiger partial charge in [-0.3, -0.25) is 0 Å². The summed E-state index contributed by atoms with van der Waals surface area (Å²) < 4.78 is 0. The quantitative estimate of drug-likeness (QED) is 0.750. The molecule has 0 fully saturated rings. The number of benzene rings is 1. The molecule has 0 aliphatic carbocycles. The molecule has 1 aromatic carbocycles. The van der Waals surface area contributed by atoms with Crippen LogP contribution in [0.15, 0.2) is 42.5 Å². The molecule has 0 bridgehead atoms. The average molecular weight is 204 g/mol. The van der Waals surface area contributed by atoms with Crippen molar-refractivity contribution in [2.24, 2.45) is 5.41 Å². The van der Waals surface area contributed by atoms with Crippen LogP contribution in [-0.2, 0) is 6.42 Å². The Morgan fingerprint density at radius 1 is 1.27 bits per heavy atom. The van der Waals surface area contributed by atoms with E-state index in [0.717, 1.165) is 11.1 Å². The van der Waals surface area contributed by atoms with Crippen molar-refractivity contribution >= 4 is 0 Å². The zero-order valence-corrected chi connectivity index (χ0v) is 9.83. The van der Waals surface area contributed by atoms with Crippen LogP contribution in [0.3, 0.4) is 0 Å². The van der Waals surface area contributed by atoms with Gasteiger partial charge >= 0.3 is 0 Å². The van der Waals surface area contributed by atoms with E-state index in [-0.39, 0.29) is 5.41 Å². The summed E-state index contributed by atoms with van der Waals surface area (Å²) in [4.78, 5) is 0. The lowest BCUT2D eigenvalue weighted by Gasteiger charge is -2.26. The number of hydrogen-bond donors (Lipinski definition) is 1. The molecular formula is C14H20O. The molecule has 1 unspecified atom stereocenters. The maximum absolute atomic E-state index is 10.0. The van der Waals surface area contributed by atoms with E-state index in [4.69, 9.17) is 0 Å². The zero-order valence-electron chi connectivity index (χ0n) is 9.83. The van der Waals surface area contributed by atoms with Crippen molar-refractivity contribution in [1.82, 2.24) is 0 Å². The molecule has 82 valence electrons. The van der Waals surface area contributed by atoms with Crippen molar-refractivity contribution < 1.29 is 5.11 Å². The van der Waals surface area contributed by atoms with Crippen LogP contribution in [0.5, 0.6) is 0 Å². The molecule has 0 aliphatic rings. The maximum atomic E-state index is 10.0. The molecule has 0 heterocycles. The highest BCUT2D eigenvalue weighted by atomic mass is 16.3. The van der Waals surface area contributed by atoms with Gasteiger partial charge in [0.1, 0.15) is 0 Å². The van der Waals surface area contributed by atoms with Crippen LogP contribution in [0, 0.1) is 5.41 Å². The van der Waals surface area contributed by atoms with Gasteiger partial charge in [-0.25, -0.2) is 0 Å². The smallest absolute Gasteiger partial charge is 0.0792 e. The second-order valence-electron chi connectivity index (χ2n) is 4.98. The highest BCUT2D eigenvalue weighted by Gasteiger charge is 2.21. The van der Waals surface area contributed by atoms with E-state index in [1.807, 2.05) is 30.3 Å². The molecular weight excluding hydrogens is 184 g/mol. The summed E-state index contributed by atoms with van der Waals surface area (Å²) in [6.07, 6.45) is 0.198. The Morgan fingerprint density at radius 2 is 1.80 bits per heavy atom. The first-order valence-corrected chi connectivity index (χ1v) is 5.32. The van der Waals surface area contributed by atoms with Gasteiger partial charge in [0.15, 0.2) is 0 Å². The number of rotatable bonds is 3. The van der Waals surface area contributed by atoms with Crippen LogP contribution in [-0.4, -0.2) is 11.2 Å². The fraction of sp³-hybridized carbons (Fsp3) is 0.429. The molecule has 15 heavy (non-hydrogen) atoms. The van der Waals surface area contributed by atoms with Gasteiger partial charge in [0.2, 0.25) is 0 Å². The Kier molecular flexibility index (Phi) is 3.70. The predicted octanol–water partition coefficient (Wildman–Crippen LogP) is 3.19. The molecule has 0 amide bonds. The molecule has 1 rings (SSSR count). The second-order valence-corrected chi connectivity index (χ2v) is 4.98. The third-order valence-electron chi connectivity index (χ3n) is 2.64. The first-order chi connectivity index (χ1) is 6.91. The summed E-state index contributed by atoms with van der Waals surface area (Å²) in [6, 6.07) is 10.0. The van der Waals surface area contributed by atoms with Gasteiger partial charge in [-0.15, -0.1) is 0 Å². The van der Waals surface area contributed by atoms with Crippen LogP contribution in [0.2, 0.25) is 0 Å². The lowest BCUT2D eigenvalue weighted by Crippen LogP contribution is -2.23. The monoisotopic (exact) mass is 204 g/mol. The lowest BCUT2D eigenvalue weighted by molar-refractivity contribution is 0.186. The van der Waals surface area contributed by atoms with Crippen LogP contribution in [0.4, 0.5) is 0 Å². The largest absolute Gasteiger partial charge is 0.388 e. The van der Waals surface area contributed by atoms with E-state index in [1.165, 1.54) is 0 Å². The van der Waals surface area contributed by atoms with Crippen molar-refractivity contribution in [3.05, 3.63) is 48.0 Å². The summed E-state index contributed by atoms with van der Waals surface area (Å²) in [5.74, 6) is 0. The third kappa shape index (κ3) is 3.52. The molecule has 1 aromatic rings. The van der Waals surface area contributed by atoms with E-state index in [9.17, 15) is 5.11 Å². The molecule has 1 atom stereocenters. The fourth-order valence-electron chi connectivity index (χ4n) is 1.46. The number of aliphatic hydroxyl groups excluding tert-OH is 1. The van der Waals surface area contributed by atoms with E-state index in [1.54, 1.807) is 0 Å². The summed E-state index contributed by atoms with van der Waals surface area (Å²) in [6.45, 7) is 10.2. The maximum Gasteiger partial charge on any atom is 0.0792 e. The predicted molar refractivity (Wildman–Crippen MR) is 64.7 cm³/mol. The van der Waals surface area contributed by atoms with Crippen LogP contribution in [0.1, 0.15) is 26.3 Å². The molecule has 0 radical (unpaired) electrons. The fourth-order valence-corrected chi connectivity index (χ4v) is 1.46. The Hall–Kier alpha value is -1.08. The van der Waals surface area contributed by atoms with Crippen molar-refractivity contribution in [3.63, 3.8) is 0 Å². The Balaban J connectivity index is 2.65. The molecule has 0 saturated heterocycles. The van der Waals surface area contributed by atoms with Gasteiger partial charge in [0.25, 0.3) is 0 Å². The van der Waals surface area contributed by atoms with E-state index < -0.39 is 6.10 Å². The van der Waals surface area contributed by atoms with E-state index in [0.29, 0.717) is 6.42 Å². The standard InChI is InChI=1S/C14H20O/c1-11(14(2,3)4)13(15)10-12-8-6-5-7-9-12/h5-9,13,15H,1,10H2,2-4H3. The first kappa shape index (κ1) is 12.0. The van der Waals surface area contributed by atoms with Crippen LogP contribution < -0.4 is 0 Å². The zero-order chi connectivity index (χ0) is 11.5. The highest BCUT2D eigenvalue weighted by molar-refractivity contribution is 5.20. The molecule has 0 saturated carbocycles. The van der Waals surface area contributed by atoms with E-state index in [2.05, 4.69) is 27.4 Å². The third-order valence-corrected chi connectivity index (χ3v) is 2.64.